The topological polar surface area (TPSA) is 12.0 Å². The van der Waals surface area contributed by atoms with Gasteiger partial charge in [0.25, 0.3) is 0 Å². The highest BCUT2D eigenvalue weighted by molar-refractivity contribution is 9.10. The van der Waals surface area contributed by atoms with Crippen molar-refractivity contribution in [1.29, 1.82) is 0 Å². The Hall–Kier alpha value is -0.800. The van der Waals surface area contributed by atoms with E-state index in [1.54, 1.807) is 11.3 Å². The van der Waals surface area contributed by atoms with Crippen LogP contribution in [-0.2, 0) is 6.42 Å². The molecular weight excluding hydrogens is 306 g/mol. The molecule has 2 aromatic rings. The van der Waals surface area contributed by atoms with Gasteiger partial charge in [0.2, 0.25) is 0 Å². The summed E-state index contributed by atoms with van der Waals surface area (Å²) in [5, 5.41) is 5.74. The summed E-state index contributed by atoms with van der Waals surface area (Å²) in [6.45, 7) is 4.43. The monoisotopic (exact) mass is 323 g/mol. The van der Waals surface area contributed by atoms with Crippen molar-refractivity contribution >= 4 is 33.0 Å². The van der Waals surface area contributed by atoms with E-state index in [0.717, 1.165) is 6.42 Å². The van der Waals surface area contributed by atoms with Crippen LogP contribution in [-0.4, -0.2) is 0 Å². The van der Waals surface area contributed by atoms with Gasteiger partial charge in [0.15, 0.2) is 0 Å². The van der Waals surface area contributed by atoms with Gasteiger partial charge < -0.3 is 5.32 Å². The molecule has 2 rings (SSSR count). The van der Waals surface area contributed by atoms with Gasteiger partial charge in [-0.25, -0.2) is 0 Å². The Balaban J connectivity index is 2.16. The fraction of sp³-hybridized carbons (Fsp3) is 0.333. The highest BCUT2D eigenvalue weighted by Gasteiger charge is 2.11. The molecule has 0 spiro atoms. The van der Waals surface area contributed by atoms with Crippen LogP contribution >= 0.6 is 27.3 Å². The van der Waals surface area contributed by atoms with Crippen LogP contribution in [0.2, 0.25) is 0 Å². The highest BCUT2D eigenvalue weighted by atomic mass is 79.9. The van der Waals surface area contributed by atoms with Crippen molar-refractivity contribution in [3.05, 3.63) is 50.6 Å². The van der Waals surface area contributed by atoms with E-state index in [-0.39, 0.29) is 0 Å². The summed E-state index contributed by atoms with van der Waals surface area (Å²) in [5.41, 5.74) is 2.66. The van der Waals surface area contributed by atoms with Crippen LogP contribution in [0.25, 0.3) is 0 Å². The lowest BCUT2D eigenvalue weighted by Gasteiger charge is -2.17. The molecule has 1 atom stereocenters. The van der Waals surface area contributed by atoms with E-state index in [2.05, 4.69) is 70.8 Å². The lowest BCUT2D eigenvalue weighted by Crippen LogP contribution is -2.07. The average Bonchev–Trinajstić information content (AvgIpc) is 2.78. The molecule has 0 amide bonds. The van der Waals surface area contributed by atoms with Crippen molar-refractivity contribution < 1.29 is 0 Å². The molecule has 1 nitrogen and oxygen atoms in total. The first-order chi connectivity index (χ1) is 8.72. The molecule has 0 saturated carbocycles. The molecule has 0 aliphatic rings. The van der Waals surface area contributed by atoms with E-state index in [0.29, 0.717) is 6.04 Å². The number of rotatable bonds is 5. The van der Waals surface area contributed by atoms with Crippen LogP contribution in [0.15, 0.2) is 40.2 Å². The first-order valence-corrected chi connectivity index (χ1v) is 7.97. The molecule has 0 aliphatic carbocycles. The molecule has 0 radical (unpaired) electrons. The summed E-state index contributed by atoms with van der Waals surface area (Å²) < 4.78 is 1.19. The maximum atomic E-state index is 3.62. The predicted molar refractivity (Wildman–Crippen MR) is 84.5 cm³/mol. The molecule has 3 heteroatoms. The third-order valence-corrected chi connectivity index (χ3v) is 5.00. The Morgan fingerprint density at radius 3 is 2.72 bits per heavy atom. The Bertz CT molecular complexity index is 507. The molecule has 1 aromatic heterocycles. The Morgan fingerprint density at radius 2 is 2.06 bits per heavy atom. The summed E-state index contributed by atoms with van der Waals surface area (Å²) in [6.07, 6.45) is 2.30. The van der Waals surface area contributed by atoms with Crippen molar-refractivity contribution in [1.82, 2.24) is 0 Å². The summed E-state index contributed by atoms with van der Waals surface area (Å²) >= 11 is 5.39. The fourth-order valence-electron chi connectivity index (χ4n) is 2.06. The van der Waals surface area contributed by atoms with E-state index >= 15 is 0 Å². The molecule has 1 aromatic carbocycles. The SMILES string of the molecule is CCCc1ccccc1NC(C)c1sccc1Br. The molecule has 1 unspecified atom stereocenters. The first-order valence-electron chi connectivity index (χ1n) is 6.29. The van der Waals surface area contributed by atoms with E-state index in [1.807, 2.05) is 0 Å². The van der Waals surface area contributed by atoms with Crippen molar-refractivity contribution in [2.24, 2.45) is 0 Å². The van der Waals surface area contributed by atoms with Gasteiger partial charge in [0, 0.05) is 15.0 Å². The fourth-order valence-corrected chi connectivity index (χ4v) is 3.79. The van der Waals surface area contributed by atoms with Crippen molar-refractivity contribution in [3.8, 4) is 0 Å². The number of benzene rings is 1. The van der Waals surface area contributed by atoms with Crippen LogP contribution in [0.4, 0.5) is 5.69 Å². The first kappa shape index (κ1) is 13.6. The zero-order valence-corrected chi connectivity index (χ0v) is 13.1. The van der Waals surface area contributed by atoms with Gasteiger partial charge in [-0.15, -0.1) is 11.3 Å². The minimum absolute atomic E-state index is 0.331. The van der Waals surface area contributed by atoms with Crippen LogP contribution in [0.5, 0.6) is 0 Å². The van der Waals surface area contributed by atoms with Gasteiger partial charge in [0.1, 0.15) is 0 Å². The predicted octanol–water partition coefficient (Wildman–Crippen LogP) is 5.64. The van der Waals surface area contributed by atoms with Crippen molar-refractivity contribution in [3.63, 3.8) is 0 Å². The zero-order chi connectivity index (χ0) is 13.0. The third kappa shape index (κ3) is 3.15. The second-order valence-electron chi connectivity index (χ2n) is 4.41. The Morgan fingerprint density at radius 1 is 1.28 bits per heavy atom. The molecule has 0 fully saturated rings. The van der Waals surface area contributed by atoms with Gasteiger partial charge in [-0.3, -0.25) is 0 Å². The normalized spacial score (nSPS) is 12.4. The molecule has 0 saturated heterocycles. The number of anilines is 1. The van der Waals surface area contributed by atoms with Gasteiger partial charge >= 0.3 is 0 Å². The second-order valence-corrected chi connectivity index (χ2v) is 6.21. The molecule has 1 heterocycles. The lowest BCUT2D eigenvalue weighted by molar-refractivity contribution is 0.879. The summed E-state index contributed by atoms with van der Waals surface area (Å²) in [4.78, 5) is 1.35. The smallest absolute Gasteiger partial charge is 0.0589 e. The van der Waals surface area contributed by atoms with Crippen molar-refractivity contribution in [2.75, 3.05) is 5.32 Å². The average molecular weight is 324 g/mol. The third-order valence-electron chi connectivity index (χ3n) is 2.95. The second kappa shape index (κ2) is 6.39. The van der Waals surface area contributed by atoms with Gasteiger partial charge in [-0.2, -0.15) is 0 Å². The lowest BCUT2D eigenvalue weighted by atomic mass is 10.1. The maximum Gasteiger partial charge on any atom is 0.0589 e. The van der Waals surface area contributed by atoms with Gasteiger partial charge in [-0.1, -0.05) is 31.5 Å². The molecular formula is C15H18BrNS. The minimum Gasteiger partial charge on any atom is -0.377 e. The van der Waals surface area contributed by atoms with Crippen LogP contribution in [0, 0.1) is 0 Å². The maximum absolute atomic E-state index is 3.62. The minimum atomic E-state index is 0.331. The molecule has 18 heavy (non-hydrogen) atoms. The van der Waals surface area contributed by atoms with Crippen LogP contribution in [0.3, 0.4) is 0 Å². The van der Waals surface area contributed by atoms with Crippen LogP contribution < -0.4 is 5.32 Å². The highest BCUT2D eigenvalue weighted by Crippen LogP contribution is 2.31. The number of hydrogen-bond donors (Lipinski definition) is 1. The molecule has 0 bridgehead atoms. The van der Waals surface area contributed by atoms with E-state index in [9.17, 15) is 0 Å². The molecule has 1 N–H and O–H groups in total. The summed E-state index contributed by atoms with van der Waals surface area (Å²) in [7, 11) is 0. The number of nitrogens with one attached hydrogen (secondary N) is 1. The number of halogens is 1. The Kier molecular flexibility index (Phi) is 4.84. The Labute approximate surface area is 121 Å². The molecule has 0 aliphatic heterocycles. The number of para-hydroxylation sites is 1. The standard InChI is InChI=1S/C15H18BrNS/c1-3-6-12-7-4-5-8-14(12)17-11(2)15-13(16)9-10-18-15/h4-5,7-11,17H,3,6H2,1-2H3. The summed E-state index contributed by atoms with van der Waals surface area (Å²) in [6, 6.07) is 11.0. The number of aryl methyl sites for hydroxylation is 1. The van der Waals surface area contributed by atoms with Gasteiger partial charge in [0.05, 0.1) is 6.04 Å². The number of hydrogen-bond acceptors (Lipinski definition) is 2. The van der Waals surface area contributed by atoms with E-state index in [1.165, 1.54) is 27.0 Å². The quantitative estimate of drug-likeness (QED) is 0.751. The van der Waals surface area contributed by atoms with Crippen molar-refractivity contribution in [2.45, 2.75) is 32.7 Å². The summed E-state index contributed by atoms with van der Waals surface area (Å²) in [5.74, 6) is 0. The van der Waals surface area contributed by atoms with Gasteiger partial charge in [-0.05, 0) is 52.4 Å². The largest absolute Gasteiger partial charge is 0.377 e. The van der Waals surface area contributed by atoms with E-state index < -0.39 is 0 Å². The van der Waals surface area contributed by atoms with Crippen LogP contribution in [0.1, 0.15) is 36.8 Å². The van der Waals surface area contributed by atoms with E-state index in [4.69, 9.17) is 0 Å². The number of thiophene rings is 1. The zero-order valence-electron chi connectivity index (χ0n) is 10.7. The molecule has 96 valence electrons.